The van der Waals surface area contributed by atoms with E-state index in [-0.39, 0.29) is 0 Å². The van der Waals surface area contributed by atoms with Crippen molar-refractivity contribution in [2.24, 2.45) is 0 Å². The van der Waals surface area contributed by atoms with E-state index >= 15 is 0 Å². The molecule has 0 amide bonds. The van der Waals surface area contributed by atoms with Gasteiger partial charge in [0.05, 0.1) is 17.6 Å². The molecule has 82 valence electrons. The van der Waals surface area contributed by atoms with Gasteiger partial charge in [0.25, 0.3) is 0 Å². The highest BCUT2D eigenvalue weighted by atomic mass is 15.3. The molecule has 0 aromatic carbocycles. The summed E-state index contributed by atoms with van der Waals surface area (Å²) >= 11 is 0. The van der Waals surface area contributed by atoms with Crippen molar-refractivity contribution in [1.29, 1.82) is 0 Å². The van der Waals surface area contributed by atoms with Crippen molar-refractivity contribution in [3.8, 4) is 0 Å². The van der Waals surface area contributed by atoms with Crippen LogP contribution in [0.5, 0.6) is 0 Å². The predicted octanol–water partition coefficient (Wildman–Crippen LogP) is -0.00220. The first kappa shape index (κ1) is 10.0. The summed E-state index contributed by atoms with van der Waals surface area (Å²) in [6.45, 7) is 4.03. The Morgan fingerprint density at radius 1 is 1.20 bits per heavy atom. The van der Waals surface area contributed by atoms with E-state index in [1.54, 1.807) is 12.3 Å². The van der Waals surface area contributed by atoms with E-state index in [2.05, 4.69) is 21.8 Å². The number of nitrogen functional groups attached to an aromatic ring is 2. The van der Waals surface area contributed by atoms with Crippen molar-refractivity contribution in [2.75, 3.05) is 49.6 Å². The number of hydrogen-bond donors (Lipinski definition) is 2. The Morgan fingerprint density at radius 2 is 1.87 bits per heavy atom. The highest BCUT2D eigenvalue weighted by Gasteiger charge is 2.17. The fraction of sp³-hybridized carbons (Fsp3) is 0.500. The second-order valence-electron chi connectivity index (χ2n) is 3.97. The minimum Gasteiger partial charge on any atom is -0.397 e. The van der Waals surface area contributed by atoms with Crippen LogP contribution in [0.15, 0.2) is 12.3 Å². The van der Waals surface area contributed by atoms with Crippen LogP contribution in [0.4, 0.5) is 17.2 Å². The monoisotopic (exact) mass is 207 g/mol. The maximum atomic E-state index is 5.89. The van der Waals surface area contributed by atoms with Gasteiger partial charge in [-0.25, -0.2) is 4.98 Å². The number of nitrogens with two attached hydrogens (primary N) is 2. The lowest BCUT2D eigenvalue weighted by atomic mass is 10.3. The van der Waals surface area contributed by atoms with Crippen LogP contribution < -0.4 is 16.4 Å². The summed E-state index contributed by atoms with van der Waals surface area (Å²) in [4.78, 5) is 8.78. The Kier molecular flexibility index (Phi) is 2.64. The lowest BCUT2D eigenvalue weighted by molar-refractivity contribution is 0.312. The Bertz CT molecular complexity index is 344. The lowest BCUT2D eigenvalue weighted by Gasteiger charge is -2.33. The fourth-order valence-corrected chi connectivity index (χ4v) is 1.77. The minimum absolute atomic E-state index is 0.616. The first-order valence-electron chi connectivity index (χ1n) is 5.11. The predicted molar refractivity (Wildman–Crippen MR) is 62.8 cm³/mol. The molecule has 0 radical (unpaired) electrons. The fourth-order valence-electron chi connectivity index (χ4n) is 1.77. The third-order valence-corrected chi connectivity index (χ3v) is 2.72. The minimum atomic E-state index is 0.616. The van der Waals surface area contributed by atoms with Crippen LogP contribution >= 0.6 is 0 Å². The molecular formula is C10H17N5. The van der Waals surface area contributed by atoms with Crippen LogP contribution in [0.2, 0.25) is 0 Å². The summed E-state index contributed by atoms with van der Waals surface area (Å²) in [5.74, 6) is 0.859. The average Bonchev–Trinajstić information content (AvgIpc) is 2.20. The third kappa shape index (κ3) is 2.12. The van der Waals surface area contributed by atoms with E-state index in [0.29, 0.717) is 11.4 Å². The summed E-state index contributed by atoms with van der Waals surface area (Å²) in [5.41, 5.74) is 12.8. The zero-order valence-electron chi connectivity index (χ0n) is 8.98. The molecule has 15 heavy (non-hydrogen) atoms. The van der Waals surface area contributed by atoms with E-state index < -0.39 is 0 Å². The third-order valence-electron chi connectivity index (χ3n) is 2.72. The van der Waals surface area contributed by atoms with Crippen molar-refractivity contribution in [2.45, 2.75) is 0 Å². The molecule has 5 nitrogen and oxygen atoms in total. The second-order valence-corrected chi connectivity index (χ2v) is 3.97. The van der Waals surface area contributed by atoms with E-state index in [1.807, 2.05) is 0 Å². The first-order valence-corrected chi connectivity index (χ1v) is 5.11. The molecule has 0 unspecified atom stereocenters. The Morgan fingerprint density at radius 3 is 2.47 bits per heavy atom. The molecule has 1 aromatic heterocycles. The van der Waals surface area contributed by atoms with Crippen molar-refractivity contribution in [3.63, 3.8) is 0 Å². The summed E-state index contributed by atoms with van der Waals surface area (Å²) in [7, 11) is 2.12. The smallest absolute Gasteiger partial charge is 0.152 e. The number of pyridine rings is 1. The lowest BCUT2D eigenvalue weighted by Crippen LogP contribution is -2.45. The van der Waals surface area contributed by atoms with Gasteiger partial charge in [-0.15, -0.1) is 0 Å². The van der Waals surface area contributed by atoms with Gasteiger partial charge in [-0.2, -0.15) is 0 Å². The zero-order chi connectivity index (χ0) is 10.8. The van der Waals surface area contributed by atoms with Crippen molar-refractivity contribution in [3.05, 3.63) is 12.3 Å². The molecule has 0 saturated carbocycles. The quantitative estimate of drug-likeness (QED) is 0.678. The SMILES string of the molecule is CN1CCN(c2ncc(N)cc2N)CC1. The largest absolute Gasteiger partial charge is 0.397 e. The van der Waals surface area contributed by atoms with Crippen molar-refractivity contribution in [1.82, 2.24) is 9.88 Å². The van der Waals surface area contributed by atoms with E-state index in [9.17, 15) is 0 Å². The Hall–Kier alpha value is -1.49. The molecule has 2 rings (SSSR count). The van der Waals surface area contributed by atoms with Crippen molar-refractivity contribution < 1.29 is 0 Å². The maximum absolute atomic E-state index is 5.89. The van der Waals surface area contributed by atoms with Gasteiger partial charge in [-0.1, -0.05) is 0 Å². The Balaban J connectivity index is 2.15. The van der Waals surface area contributed by atoms with Gasteiger partial charge in [0.1, 0.15) is 0 Å². The number of rotatable bonds is 1. The number of aromatic nitrogens is 1. The molecule has 5 heteroatoms. The molecule has 0 spiro atoms. The number of anilines is 3. The van der Waals surface area contributed by atoms with Crippen LogP contribution in [0.3, 0.4) is 0 Å². The Labute approximate surface area is 89.7 Å². The van der Waals surface area contributed by atoms with Crippen LogP contribution in [-0.2, 0) is 0 Å². The molecule has 1 aromatic rings. The van der Waals surface area contributed by atoms with E-state index in [0.717, 1.165) is 32.0 Å². The van der Waals surface area contributed by atoms with Crippen LogP contribution in [-0.4, -0.2) is 43.1 Å². The molecule has 0 atom stereocenters. The summed E-state index contributed by atoms with van der Waals surface area (Å²) in [6, 6.07) is 1.76. The van der Waals surface area contributed by atoms with Crippen LogP contribution in [0, 0.1) is 0 Å². The standard InChI is InChI=1S/C10H17N5/c1-14-2-4-15(5-3-14)10-9(12)6-8(11)7-13-10/h6-7H,2-5,11-12H2,1H3. The van der Waals surface area contributed by atoms with Crippen LogP contribution in [0.1, 0.15) is 0 Å². The molecular weight excluding hydrogens is 190 g/mol. The molecule has 2 heterocycles. The van der Waals surface area contributed by atoms with Gasteiger partial charge < -0.3 is 21.3 Å². The molecule has 0 bridgehead atoms. The summed E-state index contributed by atoms with van der Waals surface area (Å²) in [6.07, 6.45) is 1.66. The van der Waals surface area contributed by atoms with Gasteiger partial charge in [0.15, 0.2) is 5.82 Å². The number of likely N-dealkylation sites (N-methyl/N-ethyl adjacent to an activating group) is 1. The molecule has 1 fully saturated rings. The normalized spacial score (nSPS) is 18.1. The van der Waals surface area contributed by atoms with E-state index in [4.69, 9.17) is 11.5 Å². The molecule has 1 aliphatic heterocycles. The highest BCUT2D eigenvalue weighted by molar-refractivity contribution is 5.67. The first-order chi connectivity index (χ1) is 7.16. The van der Waals surface area contributed by atoms with Gasteiger partial charge >= 0.3 is 0 Å². The van der Waals surface area contributed by atoms with Gasteiger partial charge in [-0.3, -0.25) is 0 Å². The second kappa shape index (κ2) is 3.94. The zero-order valence-corrected chi connectivity index (χ0v) is 8.98. The topological polar surface area (TPSA) is 71.4 Å². The van der Waals surface area contributed by atoms with Crippen molar-refractivity contribution >= 4 is 17.2 Å². The summed E-state index contributed by atoms with van der Waals surface area (Å²) < 4.78 is 0. The summed E-state index contributed by atoms with van der Waals surface area (Å²) in [5, 5.41) is 0. The molecule has 4 N–H and O–H groups in total. The molecule has 0 aliphatic carbocycles. The maximum Gasteiger partial charge on any atom is 0.152 e. The highest BCUT2D eigenvalue weighted by Crippen LogP contribution is 2.22. The van der Waals surface area contributed by atoms with Crippen LogP contribution in [0.25, 0.3) is 0 Å². The average molecular weight is 207 g/mol. The number of piperazine rings is 1. The van der Waals surface area contributed by atoms with Gasteiger partial charge in [-0.05, 0) is 13.1 Å². The van der Waals surface area contributed by atoms with Gasteiger partial charge in [0, 0.05) is 26.2 Å². The van der Waals surface area contributed by atoms with Gasteiger partial charge in [0.2, 0.25) is 0 Å². The molecule has 1 aliphatic rings. The van der Waals surface area contributed by atoms with E-state index in [1.165, 1.54) is 0 Å². The number of hydrogen-bond acceptors (Lipinski definition) is 5. The molecule has 1 saturated heterocycles. The number of nitrogens with zero attached hydrogens (tertiary/aromatic N) is 3.